The van der Waals surface area contributed by atoms with Gasteiger partial charge in [0, 0.05) is 8.90 Å². The van der Waals surface area contributed by atoms with E-state index in [4.69, 9.17) is 5.26 Å². The van der Waals surface area contributed by atoms with Crippen LogP contribution >= 0.6 is 38.5 Å². The van der Waals surface area contributed by atoms with Gasteiger partial charge in [0.2, 0.25) is 0 Å². The molecule has 0 aliphatic heterocycles. The highest BCUT2D eigenvalue weighted by Gasteiger charge is 1.99. The lowest BCUT2D eigenvalue weighted by Gasteiger charge is -1.98. The van der Waals surface area contributed by atoms with Crippen molar-refractivity contribution in [3.05, 3.63) is 32.9 Å². The molecule has 0 unspecified atom stereocenters. The number of rotatable bonds is 1. The molecule has 3 heteroatoms. The smallest absolute Gasteiger partial charge is 0.0994 e. The van der Waals surface area contributed by atoms with Crippen LogP contribution in [0, 0.1) is 14.9 Å². The summed E-state index contributed by atoms with van der Waals surface area (Å²) in [6.07, 6.45) is 0. The third-order valence-electron chi connectivity index (χ3n) is 1.33. The van der Waals surface area contributed by atoms with Gasteiger partial charge in [-0.25, -0.2) is 0 Å². The number of nitriles is 1. The van der Waals surface area contributed by atoms with E-state index >= 15 is 0 Å². The average molecular weight is 322 g/mol. The summed E-state index contributed by atoms with van der Waals surface area (Å²) in [5.74, 6) is 0. The molecule has 0 saturated heterocycles. The molecule has 56 valence electrons. The Morgan fingerprint density at radius 3 is 2.82 bits per heavy atom. The average Bonchev–Trinajstić information content (AvgIpc) is 2.04. The number of benzene rings is 1. The molecule has 0 fully saturated rings. The summed E-state index contributed by atoms with van der Waals surface area (Å²) >= 11 is 5.56. The molecular formula is C8H5BrIN. The van der Waals surface area contributed by atoms with Crippen molar-refractivity contribution in [3.63, 3.8) is 0 Å². The second-order valence-corrected chi connectivity index (χ2v) is 3.85. The highest BCUT2D eigenvalue weighted by atomic mass is 127. The molecule has 0 radical (unpaired) electrons. The molecule has 0 amide bonds. The fourth-order valence-corrected chi connectivity index (χ4v) is 1.80. The minimum atomic E-state index is 0.743. The van der Waals surface area contributed by atoms with Gasteiger partial charge in [-0.05, 0) is 46.4 Å². The van der Waals surface area contributed by atoms with Crippen LogP contribution in [-0.2, 0) is 5.33 Å². The van der Waals surface area contributed by atoms with Crippen molar-refractivity contribution < 1.29 is 0 Å². The van der Waals surface area contributed by atoms with Gasteiger partial charge in [0.15, 0.2) is 0 Å². The molecule has 0 saturated carbocycles. The summed E-state index contributed by atoms with van der Waals surface area (Å²) in [5, 5.41) is 9.41. The van der Waals surface area contributed by atoms with Gasteiger partial charge in [0.1, 0.15) is 0 Å². The number of hydrogen-bond donors (Lipinski definition) is 0. The van der Waals surface area contributed by atoms with E-state index in [2.05, 4.69) is 44.6 Å². The van der Waals surface area contributed by atoms with Gasteiger partial charge in [0.25, 0.3) is 0 Å². The molecule has 0 atom stereocenters. The third kappa shape index (κ3) is 2.17. The van der Waals surface area contributed by atoms with Gasteiger partial charge < -0.3 is 0 Å². The van der Waals surface area contributed by atoms with Crippen molar-refractivity contribution in [2.75, 3.05) is 0 Å². The highest BCUT2D eigenvalue weighted by Crippen LogP contribution is 2.15. The maximum Gasteiger partial charge on any atom is 0.0994 e. The zero-order chi connectivity index (χ0) is 8.27. The van der Waals surface area contributed by atoms with Crippen molar-refractivity contribution in [2.24, 2.45) is 0 Å². The van der Waals surface area contributed by atoms with Crippen molar-refractivity contribution in [3.8, 4) is 6.07 Å². The first-order valence-electron chi connectivity index (χ1n) is 3.02. The molecule has 0 heterocycles. The SMILES string of the molecule is N#Cc1ccc(I)cc1CBr. The van der Waals surface area contributed by atoms with E-state index in [0.717, 1.165) is 20.0 Å². The minimum Gasteiger partial charge on any atom is -0.192 e. The van der Waals surface area contributed by atoms with Gasteiger partial charge in [-0.1, -0.05) is 15.9 Å². The van der Waals surface area contributed by atoms with E-state index in [0.29, 0.717) is 0 Å². The first kappa shape index (κ1) is 9.01. The normalized spacial score (nSPS) is 9.18. The lowest BCUT2D eigenvalue weighted by molar-refractivity contribution is 1.36. The highest BCUT2D eigenvalue weighted by molar-refractivity contribution is 14.1. The Hall–Kier alpha value is -0.0800. The Kier molecular flexibility index (Phi) is 3.34. The summed E-state index contributed by atoms with van der Waals surface area (Å²) in [6.45, 7) is 0. The van der Waals surface area contributed by atoms with Gasteiger partial charge >= 0.3 is 0 Å². The molecule has 1 aromatic rings. The molecule has 0 N–H and O–H groups in total. The van der Waals surface area contributed by atoms with E-state index < -0.39 is 0 Å². The largest absolute Gasteiger partial charge is 0.192 e. The zero-order valence-electron chi connectivity index (χ0n) is 5.64. The standard InChI is InChI=1S/C8H5BrIN/c9-4-7-3-8(10)2-1-6(7)5-11/h1-3H,4H2. The Morgan fingerprint density at radius 1 is 1.55 bits per heavy atom. The monoisotopic (exact) mass is 321 g/mol. The second kappa shape index (κ2) is 4.07. The molecule has 0 aromatic heterocycles. The summed E-state index contributed by atoms with van der Waals surface area (Å²) in [7, 11) is 0. The Morgan fingerprint density at radius 2 is 2.27 bits per heavy atom. The number of halogens is 2. The van der Waals surface area contributed by atoms with Gasteiger partial charge in [-0.2, -0.15) is 5.26 Å². The Labute approximate surface area is 87.7 Å². The van der Waals surface area contributed by atoms with Crippen molar-refractivity contribution in [1.82, 2.24) is 0 Å². The fraction of sp³-hybridized carbons (Fsp3) is 0.125. The Balaban J connectivity index is 3.19. The topological polar surface area (TPSA) is 23.8 Å². The van der Waals surface area contributed by atoms with Crippen LogP contribution in [0.4, 0.5) is 0 Å². The molecular weight excluding hydrogens is 317 g/mol. The lowest BCUT2D eigenvalue weighted by Crippen LogP contribution is -1.85. The summed E-state index contributed by atoms with van der Waals surface area (Å²) < 4.78 is 1.16. The van der Waals surface area contributed by atoms with E-state index in [1.165, 1.54) is 0 Å². The number of nitrogens with zero attached hydrogens (tertiary/aromatic N) is 1. The lowest BCUT2D eigenvalue weighted by atomic mass is 10.1. The first-order chi connectivity index (χ1) is 5.27. The summed E-state index contributed by atoms with van der Waals surface area (Å²) in [5.41, 5.74) is 1.81. The van der Waals surface area contributed by atoms with Crippen molar-refractivity contribution >= 4 is 38.5 Å². The maximum atomic E-state index is 8.67. The van der Waals surface area contributed by atoms with Gasteiger partial charge in [-0.15, -0.1) is 0 Å². The van der Waals surface area contributed by atoms with Crippen molar-refractivity contribution in [1.29, 1.82) is 5.26 Å². The third-order valence-corrected chi connectivity index (χ3v) is 2.61. The number of hydrogen-bond acceptors (Lipinski definition) is 1. The molecule has 1 nitrogen and oxygen atoms in total. The van der Waals surface area contributed by atoms with Crippen LogP contribution < -0.4 is 0 Å². The summed E-state index contributed by atoms with van der Waals surface area (Å²) in [6, 6.07) is 7.93. The Bertz CT molecular complexity index is 303. The van der Waals surface area contributed by atoms with Crippen LogP contribution in [-0.4, -0.2) is 0 Å². The quantitative estimate of drug-likeness (QED) is 0.576. The molecule has 0 aliphatic rings. The number of alkyl halides is 1. The van der Waals surface area contributed by atoms with Crippen LogP contribution in [0.2, 0.25) is 0 Å². The molecule has 0 spiro atoms. The molecule has 0 bridgehead atoms. The molecule has 11 heavy (non-hydrogen) atoms. The molecule has 0 aliphatic carbocycles. The fourth-order valence-electron chi connectivity index (χ4n) is 0.782. The van der Waals surface area contributed by atoms with Crippen LogP contribution in [0.1, 0.15) is 11.1 Å². The van der Waals surface area contributed by atoms with Crippen molar-refractivity contribution in [2.45, 2.75) is 5.33 Å². The van der Waals surface area contributed by atoms with E-state index in [1.54, 1.807) is 0 Å². The van der Waals surface area contributed by atoms with E-state index in [9.17, 15) is 0 Å². The van der Waals surface area contributed by atoms with Gasteiger partial charge in [-0.3, -0.25) is 0 Å². The van der Waals surface area contributed by atoms with Crippen LogP contribution in [0.5, 0.6) is 0 Å². The molecule has 1 aromatic carbocycles. The zero-order valence-corrected chi connectivity index (χ0v) is 9.39. The minimum absolute atomic E-state index is 0.743. The van der Waals surface area contributed by atoms with E-state index in [-0.39, 0.29) is 0 Å². The second-order valence-electron chi connectivity index (χ2n) is 2.05. The molecule has 1 rings (SSSR count). The van der Waals surface area contributed by atoms with Gasteiger partial charge in [0.05, 0.1) is 11.6 Å². The predicted octanol–water partition coefficient (Wildman–Crippen LogP) is 3.06. The van der Waals surface area contributed by atoms with E-state index in [1.807, 2.05) is 18.2 Å². The maximum absolute atomic E-state index is 8.67. The van der Waals surface area contributed by atoms with Crippen LogP contribution in [0.3, 0.4) is 0 Å². The predicted molar refractivity (Wildman–Crippen MR) is 56.5 cm³/mol. The van der Waals surface area contributed by atoms with Crippen LogP contribution in [0.15, 0.2) is 18.2 Å². The summed E-state index contributed by atoms with van der Waals surface area (Å²) in [4.78, 5) is 0. The first-order valence-corrected chi connectivity index (χ1v) is 5.22. The van der Waals surface area contributed by atoms with Crippen LogP contribution in [0.25, 0.3) is 0 Å².